The quantitative estimate of drug-likeness (QED) is 0.613. The molecule has 0 radical (unpaired) electrons. The Kier molecular flexibility index (Phi) is 2.67. The van der Waals surface area contributed by atoms with Gasteiger partial charge in [-0.1, -0.05) is 24.3 Å². The van der Waals surface area contributed by atoms with Gasteiger partial charge < -0.3 is 4.90 Å². The largest absolute Gasteiger partial charge is 0.360 e. The van der Waals surface area contributed by atoms with Gasteiger partial charge in [0, 0.05) is 19.2 Å². The number of fused-ring (bicyclic) bond motifs is 1. The fourth-order valence-corrected chi connectivity index (χ4v) is 2.37. The maximum atomic E-state index is 13.9. The van der Waals surface area contributed by atoms with Crippen molar-refractivity contribution >= 4 is 11.4 Å². The van der Waals surface area contributed by atoms with Crippen LogP contribution < -0.4 is 4.90 Å². The number of halogens is 1. The van der Waals surface area contributed by atoms with Crippen LogP contribution in [0.4, 0.5) is 15.8 Å². The Bertz CT molecular complexity index is 633. The lowest BCUT2D eigenvalue weighted by molar-refractivity contribution is -0.385. The Labute approximate surface area is 109 Å². The van der Waals surface area contributed by atoms with Crippen molar-refractivity contribution in [1.82, 2.24) is 0 Å². The molecular formula is C14H11FN2O2. The number of nitro groups is 1. The molecule has 0 fully saturated rings. The molecule has 19 heavy (non-hydrogen) atoms. The van der Waals surface area contributed by atoms with E-state index in [9.17, 15) is 14.5 Å². The zero-order chi connectivity index (χ0) is 13.4. The smallest absolute Gasteiger partial charge is 0.272 e. The molecule has 0 amide bonds. The predicted molar refractivity (Wildman–Crippen MR) is 69.4 cm³/mol. The van der Waals surface area contributed by atoms with Crippen molar-refractivity contribution in [2.75, 3.05) is 4.90 Å². The van der Waals surface area contributed by atoms with Crippen molar-refractivity contribution in [3.8, 4) is 0 Å². The van der Waals surface area contributed by atoms with Gasteiger partial charge in [0.15, 0.2) is 5.82 Å². The highest BCUT2D eigenvalue weighted by atomic mass is 19.1. The van der Waals surface area contributed by atoms with E-state index in [1.165, 1.54) is 23.3 Å². The molecule has 0 bridgehead atoms. The molecular weight excluding hydrogens is 247 g/mol. The molecule has 1 heterocycles. The van der Waals surface area contributed by atoms with Gasteiger partial charge in [0.1, 0.15) is 0 Å². The van der Waals surface area contributed by atoms with Gasteiger partial charge in [0.2, 0.25) is 0 Å². The van der Waals surface area contributed by atoms with Gasteiger partial charge in [-0.05, 0) is 17.2 Å². The molecule has 3 rings (SSSR count). The monoisotopic (exact) mass is 258 g/mol. The van der Waals surface area contributed by atoms with Crippen LogP contribution in [0.25, 0.3) is 0 Å². The average Bonchev–Trinajstić information content (AvgIpc) is 2.81. The first-order chi connectivity index (χ1) is 9.15. The van der Waals surface area contributed by atoms with Crippen LogP contribution in [-0.2, 0) is 13.1 Å². The topological polar surface area (TPSA) is 46.4 Å². The predicted octanol–water partition coefficient (Wildman–Crippen LogP) is 3.25. The van der Waals surface area contributed by atoms with Crippen molar-refractivity contribution in [3.05, 3.63) is 69.5 Å². The van der Waals surface area contributed by atoms with Gasteiger partial charge in [0.25, 0.3) is 5.69 Å². The van der Waals surface area contributed by atoms with Crippen LogP contribution in [0.5, 0.6) is 0 Å². The summed E-state index contributed by atoms with van der Waals surface area (Å²) in [5.74, 6) is -0.554. The number of anilines is 1. The molecule has 0 spiro atoms. The Hall–Kier alpha value is -2.43. The zero-order valence-corrected chi connectivity index (χ0v) is 10.0. The molecule has 0 atom stereocenters. The van der Waals surface area contributed by atoms with E-state index in [-0.39, 0.29) is 5.69 Å². The van der Waals surface area contributed by atoms with Gasteiger partial charge in [-0.2, -0.15) is 0 Å². The maximum absolute atomic E-state index is 13.9. The molecule has 1 aliphatic heterocycles. The van der Waals surface area contributed by atoms with Crippen LogP contribution in [0, 0.1) is 15.9 Å². The van der Waals surface area contributed by atoms with Crippen LogP contribution in [0.2, 0.25) is 0 Å². The molecule has 0 saturated heterocycles. The highest BCUT2D eigenvalue weighted by Crippen LogP contribution is 2.31. The summed E-state index contributed by atoms with van der Waals surface area (Å²) in [4.78, 5) is 11.9. The molecule has 0 aliphatic carbocycles. The minimum Gasteiger partial charge on any atom is -0.360 e. The van der Waals surface area contributed by atoms with E-state index in [1.807, 2.05) is 29.2 Å². The van der Waals surface area contributed by atoms with Crippen molar-refractivity contribution in [3.63, 3.8) is 0 Å². The lowest BCUT2D eigenvalue weighted by atomic mass is 10.1. The number of non-ortho nitro benzene ring substituents is 1. The van der Waals surface area contributed by atoms with Crippen LogP contribution in [-0.4, -0.2) is 4.92 Å². The second kappa shape index (κ2) is 4.35. The molecule has 0 aromatic heterocycles. The van der Waals surface area contributed by atoms with E-state index in [1.54, 1.807) is 0 Å². The number of hydrogen-bond acceptors (Lipinski definition) is 3. The van der Waals surface area contributed by atoms with Crippen molar-refractivity contribution < 1.29 is 9.31 Å². The van der Waals surface area contributed by atoms with E-state index >= 15 is 0 Å². The number of nitrogens with zero attached hydrogens (tertiary/aromatic N) is 2. The standard InChI is InChI=1S/C14H11FN2O2/c15-13-7-12(17(18)19)5-6-14(13)16-8-10-3-1-2-4-11(10)9-16/h1-7H,8-9H2. The minimum absolute atomic E-state index is 0.224. The third-order valence-corrected chi connectivity index (χ3v) is 3.32. The Morgan fingerprint density at radius 1 is 1.11 bits per heavy atom. The Morgan fingerprint density at radius 2 is 1.74 bits per heavy atom. The highest BCUT2D eigenvalue weighted by Gasteiger charge is 2.22. The van der Waals surface area contributed by atoms with E-state index in [4.69, 9.17) is 0 Å². The van der Waals surface area contributed by atoms with Crippen LogP contribution in [0.15, 0.2) is 42.5 Å². The van der Waals surface area contributed by atoms with E-state index in [2.05, 4.69) is 0 Å². The van der Waals surface area contributed by atoms with Gasteiger partial charge in [-0.15, -0.1) is 0 Å². The first kappa shape index (κ1) is 11.6. The zero-order valence-electron chi connectivity index (χ0n) is 10.0. The van der Waals surface area contributed by atoms with Crippen LogP contribution >= 0.6 is 0 Å². The minimum atomic E-state index is -0.592. The van der Waals surface area contributed by atoms with E-state index in [0.717, 1.165) is 6.07 Å². The van der Waals surface area contributed by atoms with Crippen LogP contribution in [0.3, 0.4) is 0 Å². The number of benzene rings is 2. The Balaban J connectivity index is 1.91. The first-order valence-corrected chi connectivity index (χ1v) is 5.91. The summed E-state index contributed by atoms with van der Waals surface area (Å²) in [6.07, 6.45) is 0. The maximum Gasteiger partial charge on any atom is 0.272 e. The third-order valence-electron chi connectivity index (χ3n) is 3.32. The molecule has 2 aromatic carbocycles. The lowest BCUT2D eigenvalue weighted by Gasteiger charge is -2.18. The number of rotatable bonds is 2. The van der Waals surface area contributed by atoms with Crippen LogP contribution in [0.1, 0.15) is 11.1 Å². The van der Waals surface area contributed by atoms with Gasteiger partial charge in [-0.3, -0.25) is 10.1 Å². The summed E-state index contributed by atoms with van der Waals surface area (Å²) in [7, 11) is 0. The second-order valence-electron chi connectivity index (χ2n) is 4.52. The third kappa shape index (κ3) is 2.03. The summed E-state index contributed by atoms with van der Waals surface area (Å²) >= 11 is 0. The average molecular weight is 258 g/mol. The molecule has 0 unspecified atom stereocenters. The Morgan fingerprint density at radius 3 is 2.26 bits per heavy atom. The molecule has 96 valence electrons. The molecule has 4 nitrogen and oxygen atoms in total. The lowest BCUT2D eigenvalue weighted by Crippen LogP contribution is -2.16. The van der Waals surface area contributed by atoms with Gasteiger partial charge in [-0.25, -0.2) is 4.39 Å². The van der Waals surface area contributed by atoms with Crippen molar-refractivity contribution in [2.45, 2.75) is 13.1 Å². The SMILES string of the molecule is O=[N+]([O-])c1ccc(N2Cc3ccccc3C2)c(F)c1. The summed E-state index contributed by atoms with van der Waals surface area (Å²) < 4.78 is 13.9. The summed E-state index contributed by atoms with van der Waals surface area (Å²) in [5.41, 5.74) is 2.51. The van der Waals surface area contributed by atoms with E-state index in [0.29, 0.717) is 18.8 Å². The fourth-order valence-electron chi connectivity index (χ4n) is 2.37. The molecule has 0 saturated carbocycles. The molecule has 2 aromatic rings. The molecule has 5 heteroatoms. The van der Waals surface area contributed by atoms with Gasteiger partial charge >= 0.3 is 0 Å². The van der Waals surface area contributed by atoms with Gasteiger partial charge in [0.05, 0.1) is 16.7 Å². The summed E-state index contributed by atoms with van der Waals surface area (Å²) in [6, 6.07) is 11.7. The highest BCUT2D eigenvalue weighted by molar-refractivity contribution is 5.55. The van der Waals surface area contributed by atoms with E-state index < -0.39 is 10.7 Å². The van der Waals surface area contributed by atoms with Crippen molar-refractivity contribution in [2.24, 2.45) is 0 Å². The normalized spacial score (nSPS) is 13.4. The van der Waals surface area contributed by atoms with Crippen molar-refractivity contribution in [1.29, 1.82) is 0 Å². The molecule has 1 aliphatic rings. The second-order valence-corrected chi connectivity index (χ2v) is 4.52. The molecule has 0 N–H and O–H groups in total. The summed E-state index contributed by atoms with van der Waals surface area (Å²) in [5, 5.41) is 10.6. The summed E-state index contributed by atoms with van der Waals surface area (Å²) in [6.45, 7) is 1.26. The fraction of sp³-hybridized carbons (Fsp3) is 0.143. The first-order valence-electron chi connectivity index (χ1n) is 5.91. The number of nitro benzene ring substituents is 1. The number of hydrogen-bond donors (Lipinski definition) is 0.